The topological polar surface area (TPSA) is 54.5 Å². The minimum Gasteiger partial charge on any atom is -0.299 e. The molecule has 1 fully saturated rings. The number of rotatable bonds is 6. The van der Waals surface area contributed by atoms with E-state index in [0.29, 0.717) is 17.5 Å². The molecule has 6 heteroatoms. The monoisotopic (exact) mass is 346 g/mol. The molecule has 0 unspecified atom stereocenters. The number of halogens is 1. The van der Waals surface area contributed by atoms with E-state index < -0.39 is 0 Å². The van der Waals surface area contributed by atoms with Crippen molar-refractivity contribution in [1.29, 1.82) is 5.26 Å². The number of benzene rings is 1. The molecule has 1 aliphatic rings. The minimum absolute atomic E-state index is 0.453. The van der Waals surface area contributed by atoms with Crippen molar-refractivity contribution in [3.8, 4) is 17.5 Å². The summed E-state index contributed by atoms with van der Waals surface area (Å²) in [6, 6.07) is 10.4. The second kappa shape index (κ2) is 7.85. The van der Waals surface area contributed by atoms with Crippen LogP contribution in [0, 0.1) is 11.3 Å². The first-order valence-electron chi connectivity index (χ1n) is 8.01. The second-order valence-corrected chi connectivity index (χ2v) is 7.17. The van der Waals surface area contributed by atoms with E-state index in [-0.39, 0.29) is 0 Å². The first-order valence-corrected chi connectivity index (χ1v) is 9.37. The highest BCUT2D eigenvalue weighted by atomic mass is 35.5. The lowest BCUT2D eigenvalue weighted by molar-refractivity contribution is 0.485. The zero-order valence-electron chi connectivity index (χ0n) is 12.9. The van der Waals surface area contributed by atoms with E-state index in [9.17, 15) is 0 Å². The summed E-state index contributed by atoms with van der Waals surface area (Å²) in [7, 11) is 0. The van der Waals surface area contributed by atoms with Crippen molar-refractivity contribution in [3.63, 3.8) is 0 Å². The summed E-state index contributed by atoms with van der Waals surface area (Å²) in [5, 5.41) is 19.2. The van der Waals surface area contributed by atoms with E-state index in [0.717, 1.165) is 28.7 Å². The Labute approximate surface area is 145 Å². The average Bonchev–Trinajstić information content (AvgIpc) is 3.21. The molecule has 0 aliphatic heterocycles. The van der Waals surface area contributed by atoms with Crippen molar-refractivity contribution in [3.05, 3.63) is 29.3 Å². The largest absolute Gasteiger partial charge is 0.299 e. The maximum Gasteiger partial charge on any atom is 0.191 e. The number of nitriles is 1. The molecule has 2 aromatic rings. The molecule has 1 aromatic carbocycles. The number of unbranched alkanes of at least 4 members (excludes halogenated alkanes) is 1. The van der Waals surface area contributed by atoms with Gasteiger partial charge in [0.2, 0.25) is 0 Å². The standard InChI is InChI=1S/C17H19ClN4S/c18-15-10-4-3-9-14(15)16-20-21-17(23-12-6-5-11-19)22(16)13-7-1-2-8-13/h3-4,9-10,13H,1-2,5-8,12H2. The number of aromatic nitrogens is 3. The van der Waals surface area contributed by atoms with Crippen LogP contribution in [0.1, 0.15) is 44.6 Å². The molecule has 1 saturated carbocycles. The fraction of sp³-hybridized carbons (Fsp3) is 0.471. The molecule has 0 saturated heterocycles. The quantitative estimate of drug-likeness (QED) is 0.538. The van der Waals surface area contributed by atoms with Gasteiger partial charge in [-0.2, -0.15) is 5.26 Å². The number of thioether (sulfide) groups is 1. The second-order valence-electron chi connectivity index (χ2n) is 5.70. The molecule has 0 amide bonds. The lowest BCUT2D eigenvalue weighted by Crippen LogP contribution is -2.08. The SMILES string of the molecule is N#CCCCSc1nnc(-c2ccccc2Cl)n1C1CCCC1. The fourth-order valence-electron chi connectivity index (χ4n) is 3.01. The summed E-state index contributed by atoms with van der Waals surface area (Å²) in [5.74, 6) is 1.76. The summed E-state index contributed by atoms with van der Waals surface area (Å²) in [6.07, 6.45) is 6.30. The highest BCUT2D eigenvalue weighted by Crippen LogP contribution is 2.38. The summed E-state index contributed by atoms with van der Waals surface area (Å²) in [5.41, 5.74) is 0.942. The summed E-state index contributed by atoms with van der Waals surface area (Å²) < 4.78 is 2.27. The van der Waals surface area contributed by atoms with Crippen LogP contribution in [-0.4, -0.2) is 20.5 Å². The summed E-state index contributed by atoms with van der Waals surface area (Å²) in [6.45, 7) is 0. The number of nitrogens with zero attached hydrogens (tertiary/aromatic N) is 4. The van der Waals surface area contributed by atoms with Crippen molar-refractivity contribution in [2.75, 3.05) is 5.75 Å². The van der Waals surface area contributed by atoms with E-state index in [1.54, 1.807) is 11.8 Å². The van der Waals surface area contributed by atoms with Crippen molar-refractivity contribution >= 4 is 23.4 Å². The smallest absolute Gasteiger partial charge is 0.191 e. The van der Waals surface area contributed by atoms with E-state index in [1.807, 2.05) is 24.3 Å². The van der Waals surface area contributed by atoms with Crippen LogP contribution in [0.4, 0.5) is 0 Å². The van der Waals surface area contributed by atoms with E-state index in [1.165, 1.54) is 25.7 Å². The van der Waals surface area contributed by atoms with Gasteiger partial charge in [-0.15, -0.1) is 10.2 Å². The average molecular weight is 347 g/mol. The van der Waals surface area contributed by atoms with Gasteiger partial charge < -0.3 is 0 Å². The van der Waals surface area contributed by atoms with Crippen LogP contribution in [-0.2, 0) is 0 Å². The van der Waals surface area contributed by atoms with Gasteiger partial charge in [-0.05, 0) is 31.4 Å². The van der Waals surface area contributed by atoms with Crippen LogP contribution in [0.25, 0.3) is 11.4 Å². The molecule has 0 radical (unpaired) electrons. The van der Waals surface area contributed by atoms with Crippen molar-refractivity contribution in [2.45, 2.75) is 49.7 Å². The zero-order chi connectivity index (χ0) is 16.1. The predicted octanol–water partition coefficient (Wildman–Crippen LogP) is 5.11. The molecule has 1 aromatic heterocycles. The van der Waals surface area contributed by atoms with Crippen LogP contribution in [0.3, 0.4) is 0 Å². The summed E-state index contributed by atoms with van der Waals surface area (Å²) >= 11 is 8.06. The normalized spacial score (nSPS) is 15.0. The Balaban J connectivity index is 1.91. The summed E-state index contributed by atoms with van der Waals surface area (Å²) in [4.78, 5) is 0. The zero-order valence-corrected chi connectivity index (χ0v) is 14.5. The van der Waals surface area contributed by atoms with E-state index in [2.05, 4.69) is 20.8 Å². The molecule has 1 aliphatic carbocycles. The first-order chi connectivity index (χ1) is 11.3. The third-order valence-electron chi connectivity index (χ3n) is 4.13. The van der Waals surface area contributed by atoms with Gasteiger partial charge >= 0.3 is 0 Å². The van der Waals surface area contributed by atoms with Crippen molar-refractivity contribution < 1.29 is 0 Å². The Morgan fingerprint density at radius 1 is 1.26 bits per heavy atom. The molecule has 0 spiro atoms. The molecular formula is C17H19ClN4S. The maximum absolute atomic E-state index is 8.67. The van der Waals surface area contributed by atoms with Crippen LogP contribution >= 0.6 is 23.4 Å². The predicted molar refractivity (Wildman–Crippen MR) is 93.5 cm³/mol. The third-order valence-corrected chi connectivity index (χ3v) is 5.49. The Morgan fingerprint density at radius 3 is 2.78 bits per heavy atom. The Hall–Kier alpha value is -1.51. The van der Waals surface area contributed by atoms with Crippen molar-refractivity contribution in [1.82, 2.24) is 14.8 Å². The van der Waals surface area contributed by atoms with Gasteiger partial charge in [-0.25, -0.2) is 0 Å². The lowest BCUT2D eigenvalue weighted by atomic mass is 10.2. The minimum atomic E-state index is 0.453. The van der Waals surface area contributed by atoms with Crippen LogP contribution in [0.5, 0.6) is 0 Å². The molecule has 4 nitrogen and oxygen atoms in total. The van der Waals surface area contributed by atoms with Gasteiger partial charge in [0.1, 0.15) is 0 Å². The van der Waals surface area contributed by atoms with Crippen LogP contribution < -0.4 is 0 Å². The number of hydrogen-bond donors (Lipinski definition) is 0. The van der Waals surface area contributed by atoms with Gasteiger partial charge in [0.25, 0.3) is 0 Å². The Bertz CT molecular complexity index is 701. The molecule has 120 valence electrons. The Kier molecular flexibility index (Phi) is 5.58. The highest BCUT2D eigenvalue weighted by molar-refractivity contribution is 7.99. The molecule has 23 heavy (non-hydrogen) atoms. The van der Waals surface area contributed by atoms with Crippen molar-refractivity contribution in [2.24, 2.45) is 0 Å². The van der Waals surface area contributed by atoms with E-state index >= 15 is 0 Å². The van der Waals surface area contributed by atoms with Gasteiger partial charge in [0.05, 0.1) is 11.1 Å². The molecule has 0 bridgehead atoms. The third kappa shape index (κ3) is 3.70. The Morgan fingerprint density at radius 2 is 2.04 bits per heavy atom. The van der Waals surface area contributed by atoms with Gasteiger partial charge in [0.15, 0.2) is 11.0 Å². The molecule has 0 N–H and O–H groups in total. The van der Waals surface area contributed by atoms with Crippen LogP contribution in [0.15, 0.2) is 29.4 Å². The lowest BCUT2D eigenvalue weighted by Gasteiger charge is -2.17. The molecule has 3 rings (SSSR count). The fourth-order valence-corrected chi connectivity index (χ4v) is 4.17. The highest BCUT2D eigenvalue weighted by Gasteiger charge is 2.25. The van der Waals surface area contributed by atoms with Gasteiger partial charge in [-0.3, -0.25) is 4.57 Å². The molecule has 0 atom stereocenters. The maximum atomic E-state index is 8.67. The van der Waals surface area contributed by atoms with E-state index in [4.69, 9.17) is 16.9 Å². The van der Waals surface area contributed by atoms with Gasteiger partial charge in [-0.1, -0.05) is 48.3 Å². The molecule has 1 heterocycles. The molecular weight excluding hydrogens is 328 g/mol. The first kappa shape index (κ1) is 16.4. The van der Waals surface area contributed by atoms with Gasteiger partial charge in [0, 0.05) is 23.8 Å². The number of hydrogen-bond acceptors (Lipinski definition) is 4. The van der Waals surface area contributed by atoms with Crippen LogP contribution in [0.2, 0.25) is 5.02 Å².